The molecular formula is C77H132O6. The molecule has 6 nitrogen and oxygen atoms in total. The number of rotatable bonds is 64. The zero-order valence-electron chi connectivity index (χ0n) is 54.7. The van der Waals surface area contributed by atoms with Crippen LogP contribution in [0.3, 0.4) is 0 Å². The van der Waals surface area contributed by atoms with Gasteiger partial charge < -0.3 is 14.2 Å². The van der Waals surface area contributed by atoms with Gasteiger partial charge in [0.05, 0.1) is 0 Å². The standard InChI is InChI=1S/C77H132O6/c1-4-7-10-13-16-19-22-25-28-31-34-36-37-38-39-41-43-46-49-52-55-58-61-64-67-70-76(79)82-73-74(72-81-75(78)69-66-63-60-57-54-51-48-45-42-33-30-27-24-21-18-15-12-9-6-3)83-77(80)71-68-65-62-59-56-53-50-47-44-40-35-32-29-26-23-20-17-14-11-8-5-2/h7,10,16,18-19,21,25,27-28,30,32,34-36,38-39,43,46,74H,4-6,8-9,11-15,17,20,22-24,26,29,31,33,37,40-42,44-45,47-73H2,1-3H3/b10-7-,19-16-,21-18-,28-25-,30-27-,35-32-,36-34-,39-38-,46-43-. The predicted molar refractivity (Wildman–Crippen MR) is 362 cm³/mol. The van der Waals surface area contributed by atoms with E-state index < -0.39 is 6.10 Å². The van der Waals surface area contributed by atoms with E-state index in [0.717, 1.165) is 116 Å². The topological polar surface area (TPSA) is 78.9 Å². The third-order valence-corrected chi connectivity index (χ3v) is 15.2. The highest BCUT2D eigenvalue weighted by atomic mass is 16.6. The van der Waals surface area contributed by atoms with Crippen LogP contribution in [-0.4, -0.2) is 37.2 Å². The van der Waals surface area contributed by atoms with E-state index >= 15 is 0 Å². The third kappa shape index (κ3) is 68.7. The van der Waals surface area contributed by atoms with Gasteiger partial charge >= 0.3 is 17.9 Å². The lowest BCUT2D eigenvalue weighted by Crippen LogP contribution is -2.30. The molecule has 6 heteroatoms. The summed E-state index contributed by atoms with van der Waals surface area (Å²) in [6.07, 6.45) is 96.7. The Hall–Kier alpha value is -3.93. The fourth-order valence-corrected chi connectivity index (χ4v) is 9.94. The summed E-state index contributed by atoms with van der Waals surface area (Å²) in [6.45, 7) is 6.52. The van der Waals surface area contributed by atoms with Crippen molar-refractivity contribution in [3.05, 3.63) is 109 Å². The van der Waals surface area contributed by atoms with Gasteiger partial charge in [0.2, 0.25) is 0 Å². The zero-order chi connectivity index (χ0) is 59.9. The highest BCUT2D eigenvalue weighted by Crippen LogP contribution is 2.17. The molecule has 0 radical (unpaired) electrons. The number of ether oxygens (including phenoxy) is 3. The molecule has 0 fully saturated rings. The number of allylic oxidation sites excluding steroid dienone is 18. The number of carbonyl (C=O) groups excluding carboxylic acids is 3. The van der Waals surface area contributed by atoms with Gasteiger partial charge in [0.1, 0.15) is 13.2 Å². The first-order valence-corrected chi connectivity index (χ1v) is 35.4. The predicted octanol–water partition coefficient (Wildman–Crippen LogP) is 24.6. The largest absolute Gasteiger partial charge is 0.462 e. The van der Waals surface area contributed by atoms with Crippen LogP contribution in [0.1, 0.15) is 342 Å². The first kappa shape index (κ1) is 79.1. The Balaban J connectivity index is 4.42. The molecule has 0 heterocycles. The Morgan fingerprint density at radius 3 is 0.771 bits per heavy atom. The molecule has 0 aromatic heterocycles. The number of unbranched alkanes of at least 4 members (excludes halogenated alkanes) is 35. The summed E-state index contributed by atoms with van der Waals surface area (Å²) in [6, 6.07) is 0. The molecule has 0 spiro atoms. The molecule has 0 aliphatic heterocycles. The van der Waals surface area contributed by atoms with E-state index in [1.165, 1.54) is 186 Å². The van der Waals surface area contributed by atoms with E-state index in [0.29, 0.717) is 19.3 Å². The fourth-order valence-electron chi connectivity index (χ4n) is 9.94. The number of hydrogen-bond acceptors (Lipinski definition) is 6. The summed E-state index contributed by atoms with van der Waals surface area (Å²) in [7, 11) is 0. The summed E-state index contributed by atoms with van der Waals surface area (Å²) < 4.78 is 17.0. The normalized spacial score (nSPS) is 12.8. The van der Waals surface area contributed by atoms with Crippen molar-refractivity contribution in [3.63, 3.8) is 0 Å². The van der Waals surface area contributed by atoms with Crippen LogP contribution >= 0.6 is 0 Å². The van der Waals surface area contributed by atoms with Gasteiger partial charge in [0.15, 0.2) is 6.10 Å². The Kier molecular flexibility index (Phi) is 67.2. The fraction of sp³-hybridized carbons (Fsp3) is 0.727. The smallest absolute Gasteiger partial charge is 0.306 e. The molecule has 0 saturated carbocycles. The van der Waals surface area contributed by atoms with Crippen LogP contribution in [0, 0.1) is 0 Å². The third-order valence-electron chi connectivity index (χ3n) is 15.2. The van der Waals surface area contributed by atoms with Gasteiger partial charge in [-0.05, 0) is 128 Å². The molecule has 0 amide bonds. The first-order chi connectivity index (χ1) is 41.0. The van der Waals surface area contributed by atoms with Crippen LogP contribution in [0.2, 0.25) is 0 Å². The quantitative estimate of drug-likeness (QED) is 0.0261. The van der Waals surface area contributed by atoms with E-state index in [-0.39, 0.29) is 31.1 Å². The van der Waals surface area contributed by atoms with Crippen LogP contribution in [0.5, 0.6) is 0 Å². The Morgan fingerprint density at radius 2 is 0.470 bits per heavy atom. The molecular weight excluding hydrogens is 1020 g/mol. The van der Waals surface area contributed by atoms with Crippen LogP contribution in [-0.2, 0) is 28.6 Å². The van der Waals surface area contributed by atoms with E-state index in [4.69, 9.17) is 14.2 Å². The average Bonchev–Trinajstić information content (AvgIpc) is 3.50. The second-order valence-electron chi connectivity index (χ2n) is 23.4. The van der Waals surface area contributed by atoms with Crippen molar-refractivity contribution in [2.75, 3.05) is 13.2 Å². The second-order valence-corrected chi connectivity index (χ2v) is 23.4. The van der Waals surface area contributed by atoms with Crippen LogP contribution in [0.25, 0.3) is 0 Å². The van der Waals surface area contributed by atoms with Gasteiger partial charge in [-0.25, -0.2) is 0 Å². The highest BCUT2D eigenvalue weighted by Gasteiger charge is 2.19. The maximum atomic E-state index is 13.0. The van der Waals surface area contributed by atoms with Gasteiger partial charge in [-0.15, -0.1) is 0 Å². The van der Waals surface area contributed by atoms with Crippen LogP contribution < -0.4 is 0 Å². The minimum Gasteiger partial charge on any atom is -0.462 e. The molecule has 476 valence electrons. The first-order valence-electron chi connectivity index (χ1n) is 35.4. The van der Waals surface area contributed by atoms with Crippen molar-refractivity contribution < 1.29 is 28.6 Å². The van der Waals surface area contributed by atoms with E-state index in [1.807, 2.05) is 0 Å². The highest BCUT2D eigenvalue weighted by molar-refractivity contribution is 5.71. The molecule has 0 aromatic rings. The summed E-state index contributed by atoms with van der Waals surface area (Å²) in [5.41, 5.74) is 0. The van der Waals surface area contributed by atoms with Crippen molar-refractivity contribution in [1.29, 1.82) is 0 Å². The Labute approximate surface area is 514 Å². The minimum absolute atomic E-state index is 0.0853. The lowest BCUT2D eigenvalue weighted by atomic mass is 10.1. The van der Waals surface area contributed by atoms with Gasteiger partial charge in [0.25, 0.3) is 0 Å². The van der Waals surface area contributed by atoms with Crippen molar-refractivity contribution in [3.8, 4) is 0 Å². The van der Waals surface area contributed by atoms with Gasteiger partial charge in [-0.3, -0.25) is 14.4 Å². The summed E-state index contributed by atoms with van der Waals surface area (Å²) in [4.78, 5) is 38.5. The van der Waals surface area contributed by atoms with E-state index in [1.54, 1.807) is 0 Å². The van der Waals surface area contributed by atoms with E-state index in [9.17, 15) is 14.4 Å². The SMILES string of the molecule is CC/C=C\C/C=C\C/C=C\C/C=C\C/C=C\C/C=C\CCCCCCCCC(=O)OCC(COC(=O)CCCCCCCCCCC/C=C\C/C=C\CCCCC)OC(=O)CCCCCCCCCCC/C=C\CCCCCCCCCC. The molecule has 0 N–H and O–H groups in total. The molecule has 0 aliphatic rings. The number of esters is 3. The van der Waals surface area contributed by atoms with Crippen LogP contribution in [0.4, 0.5) is 0 Å². The summed E-state index contributed by atoms with van der Waals surface area (Å²) in [5.74, 6) is -0.892. The average molecular weight is 1150 g/mol. The maximum absolute atomic E-state index is 13.0. The monoisotopic (exact) mass is 1150 g/mol. The van der Waals surface area contributed by atoms with Gasteiger partial charge in [-0.2, -0.15) is 0 Å². The number of carbonyl (C=O) groups is 3. The van der Waals surface area contributed by atoms with Crippen molar-refractivity contribution in [2.45, 2.75) is 348 Å². The Bertz CT molecular complexity index is 1660. The number of hydrogen-bond donors (Lipinski definition) is 0. The molecule has 1 unspecified atom stereocenters. The Morgan fingerprint density at radius 1 is 0.253 bits per heavy atom. The molecule has 0 rings (SSSR count). The summed E-state index contributed by atoms with van der Waals surface area (Å²) in [5, 5.41) is 0. The molecule has 0 aromatic carbocycles. The van der Waals surface area contributed by atoms with Crippen molar-refractivity contribution in [1.82, 2.24) is 0 Å². The van der Waals surface area contributed by atoms with Crippen LogP contribution in [0.15, 0.2) is 109 Å². The van der Waals surface area contributed by atoms with E-state index in [2.05, 4.69) is 130 Å². The molecule has 1 atom stereocenters. The van der Waals surface area contributed by atoms with Crippen molar-refractivity contribution in [2.24, 2.45) is 0 Å². The molecule has 83 heavy (non-hydrogen) atoms. The lowest BCUT2D eigenvalue weighted by molar-refractivity contribution is -0.167. The van der Waals surface area contributed by atoms with Crippen molar-refractivity contribution >= 4 is 17.9 Å². The zero-order valence-corrected chi connectivity index (χ0v) is 54.7. The van der Waals surface area contributed by atoms with Gasteiger partial charge in [-0.1, -0.05) is 304 Å². The molecule has 0 aliphatic carbocycles. The summed E-state index contributed by atoms with van der Waals surface area (Å²) >= 11 is 0. The maximum Gasteiger partial charge on any atom is 0.306 e. The molecule has 0 bridgehead atoms. The minimum atomic E-state index is -0.791. The van der Waals surface area contributed by atoms with Gasteiger partial charge in [0, 0.05) is 19.3 Å². The molecule has 0 saturated heterocycles. The lowest BCUT2D eigenvalue weighted by Gasteiger charge is -2.18. The second kappa shape index (κ2) is 70.6.